The molecule has 3 aromatic rings. The lowest BCUT2D eigenvalue weighted by Crippen LogP contribution is -2.32. The Hall–Kier alpha value is -4.30. The van der Waals surface area contributed by atoms with Crippen LogP contribution in [-0.4, -0.2) is 31.9 Å². The molecule has 8 nitrogen and oxygen atoms in total. The maximum absolute atomic E-state index is 13.1. The third kappa shape index (κ3) is 4.76. The van der Waals surface area contributed by atoms with Gasteiger partial charge < -0.3 is 20.1 Å². The highest BCUT2D eigenvalue weighted by Gasteiger charge is 2.39. The first-order valence-electron chi connectivity index (χ1n) is 11.0. The van der Waals surface area contributed by atoms with Crippen molar-refractivity contribution < 1.29 is 23.9 Å². The van der Waals surface area contributed by atoms with Crippen molar-refractivity contribution in [3.63, 3.8) is 0 Å². The van der Waals surface area contributed by atoms with Crippen LogP contribution in [0, 0.1) is 13.8 Å². The van der Waals surface area contributed by atoms with Gasteiger partial charge in [-0.3, -0.25) is 14.4 Å². The number of aryl methyl sites for hydroxylation is 2. The highest BCUT2D eigenvalue weighted by atomic mass is 35.5. The predicted octanol–water partition coefficient (Wildman–Crippen LogP) is 5.01. The van der Waals surface area contributed by atoms with E-state index in [0.717, 1.165) is 16.0 Å². The number of hydrogen-bond acceptors (Lipinski definition) is 6. The molecule has 0 aliphatic carbocycles. The number of halogens is 1. The SMILES string of the molecule is COc1ccc(N2C(=O)C(Cl)=C(Nc3cc(C(=O)Nc4cc(C)ccc4OC)ccc3C)C2=O)cc1. The van der Waals surface area contributed by atoms with Crippen LogP contribution in [0.15, 0.2) is 71.4 Å². The van der Waals surface area contributed by atoms with E-state index in [1.165, 1.54) is 14.2 Å². The largest absolute Gasteiger partial charge is 0.497 e. The summed E-state index contributed by atoms with van der Waals surface area (Å²) in [5, 5.41) is 5.57. The molecule has 3 aromatic carbocycles. The number of rotatable bonds is 7. The maximum Gasteiger partial charge on any atom is 0.283 e. The van der Waals surface area contributed by atoms with Gasteiger partial charge in [-0.2, -0.15) is 0 Å². The fourth-order valence-corrected chi connectivity index (χ4v) is 3.94. The fraction of sp³-hybridized carbons (Fsp3) is 0.148. The number of methoxy groups -OCH3 is 2. The first-order valence-corrected chi connectivity index (χ1v) is 11.4. The average Bonchev–Trinajstić information content (AvgIpc) is 3.08. The normalized spacial score (nSPS) is 13.2. The first kappa shape index (κ1) is 24.8. The van der Waals surface area contributed by atoms with Crippen LogP contribution in [0.2, 0.25) is 0 Å². The van der Waals surface area contributed by atoms with Crippen LogP contribution in [0.1, 0.15) is 21.5 Å². The lowest BCUT2D eigenvalue weighted by atomic mass is 10.1. The van der Waals surface area contributed by atoms with E-state index in [1.807, 2.05) is 26.0 Å². The number of nitrogens with zero attached hydrogens (tertiary/aromatic N) is 1. The van der Waals surface area contributed by atoms with E-state index in [4.69, 9.17) is 21.1 Å². The Morgan fingerprint density at radius 1 is 0.861 bits per heavy atom. The third-order valence-corrected chi connectivity index (χ3v) is 6.07. The highest BCUT2D eigenvalue weighted by Crippen LogP contribution is 2.32. The molecule has 0 unspecified atom stereocenters. The second kappa shape index (κ2) is 10.1. The van der Waals surface area contributed by atoms with Crippen molar-refractivity contribution in [3.05, 3.63) is 88.1 Å². The van der Waals surface area contributed by atoms with Crippen LogP contribution >= 0.6 is 11.6 Å². The molecule has 0 bridgehead atoms. The summed E-state index contributed by atoms with van der Waals surface area (Å²) >= 11 is 6.27. The molecule has 0 radical (unpaired) electrons. The van der Waals surface area contributed by atoms with Gasteiger partial charge in [-0.25, -0.2) is 4.90 Å². The molecule has 2 N–H and O–H groups in total. The molecule has 0 fully saturated rings. The highest BCUT2D eigenvalue weighted by molar-refractivity contribution is 6.53. The van der Waals surface area contributed by atoms with Crippen LogP contribution in [0.3, 0.4) is 0 Å². The van der Waals surface area contributed by atoms with Gasteiger partial charge in [0.1, 0.15) is 22.2 Å². The minimum absolute atomic E-state index is 0.0708. The van der Waals surface area contributed by atoms with E-state index in [2.05, 4.69) is 10.6 Å². The summed E-state index contributed by atoms with van der Waals surface area (Å²) in [4.78, 5) is 39.9. The van der Waals surface area contributed by atoms with Crippen LogP contribution < -0.4 is 25.0 Å². The van der Waals surface area contributed by atoms with Crippen LogP contribution in [0.5, 0.6) is 11.5 Å². The number of benzene rings is 3. The van der Waals surface area contributed by atoms with E-state index >= 15 is 0 Å². The zero-order valence-electron chi connectivity index (χ0n) is 20.1. The average molecular weight is 506 g/mol. The van der Waals surface area contributed by atoms with Gasteiger partial charge in [0.2, 0.25) is 0 Å². The predicted molar refractivity (Wildman–Crippen MR) is 139 cm³/mol. The Morgan fingerprint density at radius 3 is 2.25 bits per heavy atom. The number of ether oxygens (including phenoxy) is 2. The number of hydrogen-bond donors (Lipinski definition) is 2. The molecule has 184 valence electrons. The molecular weight excluding hydrogens is 482 g/mol. The summed E-state index contributed by atoms with van der Waals surface area (Å²) in [5.41, 5.74) is 3.34. The van der Waals surface area contributed by atoms with Crippen molar-refractivity contribution in [1.29, 1.82) is 0 Å². The number of nitrogens with one attached hydrogen (secondary N) is 2. The lowest BCUT2D eigenvalue weighted by molar-refractivity contribution is -0.120. The molecule has 1 aliphatic heterocycles. The van der Waals surface area contributed by atoms with Crippen LogP contribution in [-0.2, 0) is 9.59 Å². The van der Waals surface area contributed by atoms with Crippen LogP contribution in [0.25, 0.3) is 0 Å². The van der Waals surface area contributed by atoms with Gasteiger partial charge in [0, 0.05) is 11.3 Å². The van der Waals surface area contributed by atoms with Crippen molar-refractivity contribution in [2.45, 2.75) is 13.8 Å². The number of anilines is 3. The number of amides is 3. The van der Waals surface area contributed by atoms with Gasteiger partial charge in [0.15, 0.2) is 0 Å². The minimum atomic E-state index is -0.646. The summed E-state index contributed by atoms with van der Waals surface area (Å²) in [6.45, 7) is 3.72. The van der Waals surface area contributed by atoms with E-state index < -0.39 is 11.8 Å². The van der Waals surface area contributed by atoms with Crippen LogP contribution in [0.4, 0.5) is 17.1 Å². The zero-order chi connectivity index (χ0) is 26.0. The summed E-state index contributed by atoms with van der Waals surface area (Å²) in [6.07, 6.45) is 0. The molecule has 0 aromatic heterocycles. The molecular formula is C27H24ClN3O5. The summed E-state index contributed by atoms with van der Waals surface area (Å²) in [7, 11) is 3.05. The quantitative estimate of drug-likeness (QED) is 0.438. The van der Waals surface area contributed by atoms with E-state index in [9.17, 15) is 14.4 Å². The topological polar surface area (TPSA) is 97.0 Å². The molecule has 36 heavy (non-hydrogen) atoms. The zero-order valence-corrected chi connectivity index (χ0v) is 20.9. The number of carbonyl (C=O) groups excluding carboxylic acids is 3. The Kier molecular flexibility index (Phi) is 6.98. The Bertz CT molecular complexity index is 1400. The number of carbonyl (C=O) groups is 3. The van der Waals surface area contributed by atoms with Crippen molar-refractivity contribution in [2.24, 2.45) is 0 Å². The van der Waals surface area contributed by atoms with Gasteiger partial charge in [0.25, 0.3) is 17.7 Å². The third-order valence-electron chi connectivity index (χ3n) is 5.72. The van der Waals surface area contributed by atoms with Gasteiger partial charge in [-0.1, -0.05) is 23.7 Å². The summed E-state index contributed by atoms with van der Waals surface area (Å²) in [6, 6.07) is 16.9. The van der Waals surface area contributed by atoms with E-state index in [-0.39, 0.29) is 16.6 Å². The molecule has 0 saturated carbocycles. The molecule has 0 spiro atoms. The Morgan fingerprint density at radius 2 is 1.58 bits per heavy atom. The molecule has 1 aliphatic rings. The van der Waals surface area contributed by atoms with Crippen molar-refractivity contribution in [1.82, 2.24) is 0 Å². The standard InChI is InChI=1S/C27H24ClN3O5/c1-15-5-12-22(36-4)21(13-15)30-25(32)17-7-6-16(2)20(14-17)29-24-23(28)26(33)31(27(24)34)18-8-10-19(35-3)11-9-18/h5-14,29H,1-4H3,(H,30,32). The molecule has 9 heteroatoms. The smallest absolute Gasteiger partial charge is 0.283 e. The fourth-order valence-electron chi connectivity index (χ4n) is 3.72. The minimum Gasteiger partial charge on any atom is -0.497 e. The Balaban J connectivity index is 1.58. The molecule has 4 rings (SSSR count). The second-order valence-electron chi connectivity index (χ2n) is 8.15. The van der Waals surface area contributed by atoms with Gasteiger partial charge in [0.05, 0.1) is 25.6 Å². The molecule has 3 amide bonds. The monoisotopic (exact) mass is 505 g/mol. The second-order valence-corrected chi connectivity index (χ2v) is 8.52. The van der Waals surface area contributed by atoms with Crippen molar-refractivity contribution in [3.8, 4) is 11.5 Å². The summed E-state index contributed by atoms with van der Waals surface area (Å²) < 4.78 is 10.5. The lowest BCUT2D eigenvalue weighted by Gasteiger charge is -2.16. The van der Waals surface area contributed by atoms with Gasteiger partial charge in [-0.15, -0.1) is 0 Å². The molecule has 1 heterocycles. The van der Waals surface area contributed by atoms with Gasteiger partial charge >= 0.3 is 0 Å². The number of imide groups is 1. The molecule has 0 saturated heterocycles. The Labute approximate surface area is 213 Å². The van der Waals surface area contributed by atoms with Crippen molar-refractivity contribution in [2.75, 3.05) is 29.8 Å². The van der Waals surface area contributed by atoms with E-state index in [0.29, 0.717) is 34.1 Å². The first-order chi connectivity index (χ1) is 17.2. The molecule has 0 atom stereocenters. The van der Waals surface area contributed by atoms with Crippen molar-refractivity contribution >= 4 is 46.4 Å². The summed E-state index contributed by atoms with van der Waals surface area (Å²) in [5.74, 6) is -0.494. The van der Waals surface area contributed by atoms with Gasteiger partial charge in [-0.05, 0) is 73.5 Å². The van der Waals surface area contributed by atoms with E-state index in [1.54, 1.807) is 48.5 Å². The maximum atomic E-state index is 13.1.